The first-order chi connectivity index (χ1) is 7.76. The van der Waals surface area contributed by atoms with Crippen molar-refractivity contribution >= 4 is 25.9 Å². The first-order valence-corrected chi connectivity index (χ1v) is 9.71. The second-order valence-electron chi connectivity index (χ2n) is 5.82. The summed E-state index contributed by atoms with van der Waals surface area (Å²) in [5.74, 6) is 0. The standard InChI is InChI=1S/C13H22O2SSi/c1-13(2,3)17(4,5)15-7-6-12-8-11(9-14)10-16-12/h8-10H,6-7H2,1-5H3. The van der Waals surface area contributed by atoms with Crippen LogP contribution in [-0.4, -0.2) is 21.2 Å². The van der Waals surface area contributed by atoms with Crippen LogP contribution in [0.4, 0.5) is 0 Å². The van der Waals surface area contributed by atoms with Crippen LogP contribution < -0.4 is 0 Å². The third-order valence-corrected chi connectivity index (χ3v) is 8.98. The highest BCUT2D eigenvalue weighted by molar-refractivity contribution is 7.10. The number of aldehydes is 1. The monoisotopic (exact) mass is 270 g/mol. The van der Waals surface area contributed by atoms with Crippen molar-refractivity contribution < 1.29 is 9.22 Å². The SMILES string of the molecule is CC(C)(C)[Si](C)(C)OCCc1cc(C=O)cs1. The van der Waals surface area contributed by atoms with Gasteiger partial charge in [0.15, 0.2) is 14.6 Å². The predicted octanol–water partition coefficient (Wildman–Crippen LogP) is 4.12. The number of carbonyl (C=O) groups excluding carboxylic acids is 1. The van der Waals surface area contributed by atoms with Gasteiger partial charge in [-0.3, -0.25) is 4.79 Å². The molecule has 17 heavy (non-hydrogen) atoms. The molecule has 0 amide bonds. The molecule has 96 valence electrons. The third kappa shape index (κ3) is 4.05. The van der Waals surface area contributed by atoms with Crippen LogP contribution in [0, 0.1) is 0 Å². The van der Waals surface area contributed by atoms with Crippen molar-refractivity contribution in [3.63, 3.8) is 0 Å². The molecular weight excluding hydrogens is 248 g/mol. The Bertz CT molecular complexity index is 377. The molecule has 0 unspecified atom stereocenters. The van der Waals surface area contributed by atoms with Gasteiger partial charge < -0.3 is 4.43 Å². The summed E-state index contributed by atoms with van der Waals surface area (Å²) >= 11 is 1.64. The van der Waals surface area contributed by atoms with Crippen LogP contribution in [0.2, 0.25) is 18.1 Å². The van der Waals surface area contributed by atoms with Crippen molar-refractivity contribution in [1.29, 1.82) is 0 Å². The highest BCUT2D eigenvalue weighted by atomic mass is 32.1. The van der Waals surface area contributed by atoms with E-state index in [9.17, 15) is 4.79 Å². The first kappa shape index (κ1) is 14.6. The first-order valence-electron chi connectivity index (χ1n) is 5.93. The molecule has 1 aromatic rings. The van der Waals surface area contributed by atoms with E-state index in [-0.39, 0.29) is 5.04 Å². The minimum atomic E-state index is -1.63. The van der Waals surface area contributed by atoms with Crippen molar-refractivity contribution in [2.75, 3.05) is 6.61 Å². The summed E-state index contributed by atoms with van der Waals surface area (Å²) in [5, 5.41) is 2.16. The molecular formula is C13H22O2SSi. The van der Waals surface area contributed by atoms with Gasteiger partial charge in [0.2, 0.25) is 0 Å². The zero-order valence-electron chi connectivity index (χ0n) is 11.4. The molecule has 0 aromatic carbocycles. The fourth-order valence-electron chi connectivity index (χ4n) is 1.21. The van der Waals surface area contributed by atoms with E-state index in [2.05, 4.69) is 33.9 Å². The number of carbonyl (C=O) groups is 1. The molecule has 1 aromatic heterocycles. The summed E-state index contributed by atoms with van der Waals surface area (Å²) in [5.41, 5.74) is 0.775. The topological polar surface area (TPSA) is 26.3 Å². The van der Waals surface area contributed by atoms with E-state index >= 15 is 0 Å². The van der Waals surface area contributed by atoms with Crippen LogP contribution in [0.3, 0.4) is 0 Å². The Labute approximate surface area is 109 Å². The Morgan fingerprint density at radius 1 is 1.41 bits per heavy atom. The number of hydrogen-bond acceptors (Lipinski definition) is 3. The zero-order chi connectivity index (χ0) is 13.1. The van der Waals surface area contributed by atoms with Gasteiger partial charge in [-0.1, -0.05) is 20.8 Å². The van der Waals surface area contributed by atoms with Gasteiger partial charge in [-0.25, -0.2) is 0 Å². The minimum absolute atomic E-state index is 0.260. The Morgan fingerprint density at radius 3 is 2.53 bits per heavy atom. The second kappa shape index (κ2) is 5.46. The molecule has 0 saturated heterocycles. The van der Waals surface area contributed by atoms with E-state index in [0.717, 1.165) is 24.9 Å². The average Bonchev–Trinajstić information content (AvgIpc) is 2.63. The smallest absolute Gasteiger partial charge is 0.191 e. The molecule has 4 heteroatoms. The minimum Gasteiger partial charge on any atom is -0.416 e. The van der Waals surface area contributed by atoms with Crippen molar-refractivity contribution in [2.45, 2.75) is 45.3 Å². The Morgan fingerprint density at radius 2 is 2.06 bits per heavy atom. The lowest BCUT2D eigenvalue weighted by atomic mass is 10.2. The van der Waals surface area contributed by atoms with E-state index in [4.69, 9.17) is 4.43 Å². The van der Waals surface area contributed by atoms with Gasteiger partial charge >= 0.3 is 0 Å². The Kier molecular flexibility index (Phi) is 4.69. The van der Waals surface area contributed by atoms with Gasteiger partial charge in [0.25, 0.3) is 0 Å². The van der Waals surface area contributed by atoms with E-state index in [1.807, 2.05) is 11.4 Å². The van der Waals surface area contributed by atoms with E-state index in [0.29, 0.717) is 0 Å². The van der Waals surface area contributed by atoms with E-state index < -0.39 is 8.32 Å². The summed E-state index contributed by atoms with van der Waals surface area (Å²) in [6.45, 7) is 12.0. The Balaban J connectivity index is 2.45. The maximum absolute atomic E-state index is 10.6. The van der Waals surface area contributed by atoms with Crippen LogP contribution in [0.1, 0.15) is 36.0 Å². The second-order valence-corrected chi connectivity index (χ2v) is 11.6. The highest BCUT2D eigenvalue weighted by Crippen LogP contribution is 2.36. The molecule has 0 aliphatic rings. The lowest BCUT2D eigenvalue weighted by Crippen LogP contribution is -2.41. The molecule has 0 radical (unpaired) electrons. The molecule has 0 N–H and O–H groups in total. The number of hydrogen-bond donors (Lipinski definition) is 0. The molecule has 2 nitrogen and oxygen atoms in total. The average molecular weight is 270 g/mol. The fourth-order valence-corrected chi connectivity index (χ4v) is 3.08. The van der Waals surface area contributed by atoms with E-state index in [1.54, 1.807) is 11.3 Å². The maximum atomic E-state index is 10.6. The van der Waals surface area contributed by atoms with Gasteiger partial charge in [0.05, 0.1) is 0 Å². The van der Waals surface area contributed by atoms with E-state index in [1.165, 1.54) is 4.88 Å². The summed E-state index contributed by atoms with van der Waals surface area (Å²) in [6, 6.07) is 1.95. The van der Waals surface area contributed by atoms with Gasteiger partial charge in [-0.05, 0) is 24.2 Å². The summed E-state index contributed by atoms with van der Waals surface area (Å²) in [4.78, 5) is 11.8. The zero-order valence-corrected chi connectivity index (χ0v) is 13.2. The molecule has 1 heterocycles. The molecule has 0 aliphatic heterocycles. The highest BCUT2D eigenvalue weighted by Gasteiger charge is 2.36. The van der Waals surface area contributed by atoms with Gasteiger partial charge in [-0.15, -0.1) is 11.3 Å². The molecule has 1 rings (SSSR count). The van der Waals surface area contributed by atoms with Crippen molar-refractivity contribution in [1.82, 2.24) is 0 Å². The maximum Gasteiger partial charge on any atom is 0.191 e. The number of rotatable bonds is 5. The lowest BCUT2D eigenvalue weighted by Gasteiger charge is -2.36. The van der Waals surface area contributed by atoms with Gasteiger partial charge in [-0.2, -0.15) is 0 Å². The molecule has 0 atom stereocenters. The van der Waals surface area contributed by atoms with Gasteiger partial charge in [0, 0.05) is 28.8 Å². The molecule has 0 aliphatic carbocycles. The fraction of sp³-hybridized carbons (Fsp3) is 0.615. The van der Waals surface area contributed by atoms with Crippen molar-refractivity contribution in [3.8, 4) is 0 Å². The van der Waals surface area contributed by atoms with Crippen LogP contribution in [0.5, 0.6) is 0 Å². The summed E-state index contributed by atoms with van der Waals surface area (Å²) in [7, 11) is -1.63. The quantitative estimate of drug-likeness (QED) is 0.594. The molecule has 0 saturated carbocycles. The number of thiophene rings is 1. The largest absolute Gasteiger partial charge is 0.416 e. The Hall–Kier alpha value is -0.453. The predicted molar refractivity (Wildman–Crippen MR) is 76.6 cm³/mol. The normalized spacial score (nSPS) is 12.8. The van der Waals surface area contributed by atoms with Crippen LogP contribution in [0.15, 0.2) is 11.4 Å². The molecule has 0 bridgehead atoms. The summed E-state index contributed by atoms with van der Waals surface area (Å²) in [6.07, 6.45) is 1.81. The van der Waals surface area contributed by atoms with Crippen molar-refractivity contribution in [3.05, 3.63) is 21.9 Å². The van der Waals surface area contributed by atoms with Crippen LogP contribution >= 0.6 is 11.3 Å². The third-order valence-electron chi connectivity index (χ3n) is 3.43. The molecule has 0 spiro atoms. The van der Waals surface area contributed by atoms with Gasteiger partial charge in [0.1, 0.15) is 0 Å². The molecule has 0 fully saturated rings. The summed E-state index contributed by atoms with van der Waals surface area (Å²) < 4.78 is 6.10. The van der Waals surface area contributed by atoms with Crippen LogP contribution in [-0.2, 0) is 10.8 Å². The van der Waals surface area contributed by atoms with Crippen molar-refractivity contribution in [2.24, 2.45) is 0 Å². The lowest BCUT2D eigenvalue weighted by molar-refractivity contribution is 0.112. The van der Waals surface area contributed by atoms with Crippen LogP contribution in [0.25, 0.3) is 0 Å².